The topological polar surface area (TPSA) is 119 Å². The van der Waals surface area contributed by atoms with Gasteiger partial charge in [0.1, 0.15) is 16.5 Å². The number of H-pyrrole nitrogens is 1. The molecule has 5 aromatic rings. The second kappa shape index (κ2) is 9.80. The molecule has 2 aromatic carbocycles. The van der Waals surface area contributed by atoms with Crippen LogP contribution in [0.1, 0.15) is 11.1 Å². The second-order valence-electron chi connectivity index (χ2n) is 8.94. The van der Waals surface area contributed by atoms with Gasteiger partial charge in [-0.2, -0.15) is 5.10 Å². The first-order chi connectivity index (χ1) is 18.2. The average Bonchev–Trinajstić information content (AvgIpc) is 3.23. The van der Waals surface area contributed by atoms with Gasteiger partial charge in [-0.05, 0) is 55.6 Å². The molecule has 0 amide bonds. The average molecular weight is 537 g/mol. The van der Waals surface area contributed by atoms with E-state index >= 15 is 0 Å². The van der Waals surface area contributed by atoms with E-state index in [4.69, 9.17) is 5.73 Å². The highest BCUT2D eigenvalue weighted by Crippen LogP contribution is 2.38. The van der Waals surface area contributed by atoms with Crippen molar-refractivity contribution in [3.05, 3.63) is 109 Å². The quantitative estimate of drug-likeness (QED) is 0.322. The summed E-state index contributed by atoms with van der Waals surface area (Å²) >= 11 is 1.18. The molecule has 0 aliphatic rings. The van der Waals surface area contributed by atoms with Gasteiger partial charge in [-0.25, -0.2) is 23.2 Å². The minimum atomic E-state index is -0.855. The third kappa shape index (κ3) is 4.44. The lowest BCUT2D eigenvalue weighted by Gasteiger charge is -2.14. The number of nitrogens with two attached hydrogens (primary N) is 1. The maximum Gasteiger partial charge on any atom is 0.338 e. The zero-order valence-corrected chi connectivity index (χ0v) is 21.2. The van der Waals surface area contributed by atoms with E-state index in [2.05, 4.69) is 10.2 Å². The number of aromatic nitrogens is 4. The van der Waals surface area contributed by atoms with E-state index in [-0.39, 0.29) is 21.6 Å². The number of anilines is 1. The Kier molecular flexibility index (Phi) is 6.51. The largest absolute Gasteiger partial charge is 0.399 e. The molecule has 38 heavy (non-hydrogen) atoms. The van der Waals surface area contributed by atoms with Crippen molar-refractivity contribution >= 4 is 27.2 Å². The summed E-state index contributed by atoms with van der Waals surface area (Å²) in [7, 11) is 3.67. The molecule has 0 aliphatic carbocycles. The molecule has 0 unspecified atom stereocenters. The Balaban J connectivity index is 1.91. The number of thiophene rings is 1. The molecule has 0 radical (unpaired) electrons. The van der Waals surface area contributed by atoms with Gasteiger partial charge >= 0.3 is 5.69 Å². The molecule has 0 fully saturated rings. The molecule has 0 aliphatic heterocycles. The fourth-order valence-electron chi connectivity index (χ4n) is 4.25. The van der Waals surface area contributed by atoms with Crippen molar-refractivity contribution in [2.45, 2.75) is 13.1 Å². The van der Waals surface area contributed by atoms with Crippen LogP contribution in [0.3, 0.4) is 0 Å². The van der Waals surface area contributed by atoms with Gasteiger partial charge in [-0.3, -0.25) is 14.2 Å². The Bertz CT molecular complexity index is 1810. The number of nitrogens with one attached hydrogen (secondary N) is 1. The van der Waals surface area contributed by atoms with E-state index in [0.29, 0.717) is 22.7 Å². The Morgan fingerprint density at radius 1 is 0.974 bits per heavy atom. The van der Waals surface area contributed by atoms with E-state index in [9.17, 15) is 23.2 Å². The summed E-state index contributed by atoms with van der Waals surface area (Å²) in [5.41, 5.74) is 5.46. The standard InChI is InChI=1S/C26H22F2N6O3S/c1-32(2)12-17-22-24(36)34(20-10-11-21(35)31-30-20)26(37)33(13-16-18(27)4-3-5-19(16)28)25(22)38-23(17)14-6-8-15(29)9-7-14/h3-11H,12-13,29H2,1-2H3,(H,31,35). The summed E-state index contributed by atoms with van der Waals surface area (Å²) in [6.45, 7) is -0.138. The molecular weight excluding hydrogens is 514 g/mol. The lowest BCUT2D eigenvalue weighted by molar-refractivity contribution is 0.405. The van der Waals surface area contributed by atoms with Gasteiger partial charge in [-0.1, -0.05) is 18.2 Å². The highest BCUT2D eigenvalue weighted by Gasteiger charge is 2.25. The third-order valence-electron chi connectivity index (χ3n) is 5.99. The van der Waals surface area contributed by atoms with Crippen LogP contribution in [0.25, 0.3) is 26.5 Å². The molecule has 9 nitrogen and oxygen atoms in total. The smallest absolute Gasteiger partial charge is 0.338 e. The van der Waals surface area contributed by atoms with Gasteiger partial charge in [0.15, 0.2) is 5.82 Å². The summed E-state index contributed by atoms with van der Waals surface area (Å²) in [5, 5.41) is 6.30. The van der Waals surface area contributed by atoms with E-state index in [1.165, 1.54) is 23.5 Å². The number of hydrogen-bond acceptors (Lipinski definition) is 7. The molecule has 3 heterocycles. The Morgan fingerprint density at radius 3 is 2.26 bits per heavy atom. The molecule has 3 N–H and O–H groups in total. The maximum absolute atomic E-state index is 14.7. The van der Waals surface area contributed by atoms with Crippen LogP contribution < -0.4 is 22.5 Å². The molecule has 0 atom stereocenters. The maximum atomic E-state index is 14.7. The van der Waals surface area contributed by atoms with Crippen LogP contribution in [-0.2, 0) is 13.1 Å². The van der Waals surface area contributed by atoms with Crippen molar-refractivity contribution in [2.75, 3.05) is 19.8 Å². The molecular formula is C26H22F2N6O3S. The van der Waals surface area contributed by atoms with Crippen LogP contribution in [-0.4, -0.2) is 38.3 Å². The van der Waals surface area contributed by atoms with E-state index in [1.54, 1.807) is 24.3 Å². The van der Waals surface area contributed by atoms with Crippen molar-refractivity contribution in [1.29, 1.82) is 0 Å². The van der Waals surface area contributed by atoms with Gasteiger partial charge in [-0.15, -0.1) is 11.3 Å². The monoisotopic (exact) mass is 536 g/mol. The van der Waals surface area contributed by atoms with Crippen molar-refractivity contribution in [2.24, 2.45) is 0 Å². The molecule has 12 heteroatoms. The summed E-state index contributed by atoms with van der Waals surface area (Å²) < 4.78 is 31.3. The summed E-state index contributed by atoms with van der Waals surface area (Å²) in [6.07, 6.45) is 0. The Labute approximate surface area is 218 Å². The first kappa shape index (κ1) is 25.2. The number of nitrogens with zero attached hydrogens (tertiary/aromatic N) is 4. The van der Waals surface area contributed by atoms with Crippen LogP contribution in [0.15, 0.2) is 69.0 Å². The molecule has 0 saturated carbocycles. The lowest BCUT2D eigenvalue weighted by atomic mass is 10.1. The first-order valence-electron chi connectivity index (χ1n) is 11.5. The highest BCUT2D eigenvalue weighted by atomic mass is 32.1. The van der Waals surface area contributed by atoms with Crippen LogP contribution in [0.4, 0.5) is 14.5 Å². The number of aromatic amines is 1. The molecule has 0 saturated heterocycles. The molecule has 3 aromatic heterocycles. The normalized spacial score (nSPS) is 11.5. The molecule has 0 spiro atoms. The van der Waals surface area contributed by atoms with Crippen LogP contribution in [0, 0.1) is 11.6 Å². The zero-order valence-electron chi connectivity index (χ0n) is 20.4. The summed E-state index contributed by atoms with van der Waals surface area (Å²) in [4.78, 5) is 42.1. The number of nitrogen functional groups attached to an aromatic ring is 1. The fraction of sp³-hybridized carbons (Fsp3) is 0.154. The predicted molar refractivity (Wildman–Crippen MR) is 143 cm³/mol. The van der Waals surface area contributed by atoms with Gasteiger partial charge in [0.2, 0.25) is 0 Å². The van der Waals surface area contributed by atoms with Gasteiger partial charge in [0, 0.05) is 28.7 Å². The number of fused-ring (bicyclic) bond motifs is 1. The van der Waals surface area contributed by atoms with Crippen LogP contribution in [0.2, 0.25) is 0 Å². The van der Waals surface area contributed by atoms with Crippen molar-refractivity contribution in [3.63, 3.8) is 0 Å². The number of halogens is 2. The van der Waals surface area contributed by atoms with Crippen LogP contribution in [0.5, 0.6) is 0 Å². The second-order valence-corrected chi connectivity index (χ2v) is 9.94. The zero-order chi connectivity index (χ0) is 27.1. The van der Waals surface area contributed by atoms with Gasteiger partial charge in [0.25, 0.3) is 11.1 Å². The van der Waals surface area contributed by atoms with E-state index in [1.807, 2.05) is 19.0 Å². The number of rotatable bonds is 6. The first-order valence-corrected chi connectivity index (χ1v) is 12.3. The van der Waals surface area contributed by atoms with Crippen molar-refractivity contribution < 1.29 is 8.78 Å². The minimum Gasteiger partial charge on any atom is -0.399 e. The van der Waals surface area contributed by atoms with Crippen molar-refractivity contribution in [1.82, 2.24) is 24.2 Å². The third-order valence-corrected chi connectivity index (χ3v) is 7.30. The molecule has 5 rings (SSSR count). The summed E-state index contributed by atoms with van der Waals surface area (Å²) in [5.74, 6) is -1.78. The van der Waals surface area contributed by atoms with Gasteiger partial charge < -0.3 is 10.6 Å². The fourth-order valence-corrected chi connectivity index (χ4v) is 5.55. The summed E-state index contributed by atoms with van der Waals surface area (Å²) in [6, 6.07) is 12.9. The number of benzene rings is 2. The molecule has 0 bridgehead atoms. The van der Waals surface area contributed by atoms with E-state index in [0.717, 1.165) is 32.9 Å². The molecule has 194 valence electrons. The lowest BCUT2D eigenvalue weighted by Crippen LogP contribution is -2.40. The Hall–Kier alpha value is -4.42. The van der Waals surface area contributed by atoms with Crippen molar-refractivity contribution in [3.8, 4) is 16.3 Å². The predicted octanol–water partition coefficient (Wildman–Crippen LogP) is 2.93. The Morgan fingerprint density at radius 2 is 1.66 bits per heavy atom. The van der Waals surface area contributed by atoms with Gasteiger partial charge in [0.05, 0.1) is 11.9 Å². The van der Waals surface area contributed by atoms with E-state index < -0.39 is 35.0 Å². The minimum absolute atomic E-state index is 0.125. The number of hydrogen-bond donors (Lipinski definition) is 2. The SMILES string of the molecule is CN(C)Cc1c(-c2ccc(N)cc2)sc2c1c(=O)n(-c1ccc(=O)[nH]n1)c(=O)n2Cc1c(F)cccc1F. The van der Waals surface area contributed by atoms with Crippen LogP contribution >= 0.6 is 11.3 Å². The highest BCUT2D eigenvalue weighted by molar-refractivity contribution is 7.22.